The maximum Gasteiger partial charge on any atom is 0.334 e. The second-order valence-electron chi connectivity index (χ2n) is 4.94. The lowest BCUT2D eigenvalue weighted by Crippen LogP contribution is -2.14. The van der Waals surface area contributed by atoms with Gasteiger partial charge in [0.1, 0.15) is 0 Å². The summed E-state index contributed by atoms with van der Waals surface area (Å²) in [5.74, 6) is -0.853. The van der Waals surface area contributed by atoms with E-state index in [1.165, 1.54) is 0 Å². The van der Waals surface area contributed by atoms with Crippen molar-refractivity contribution < 1.29 is 19.1 Å². The van der Waals surface area contributed by atoms with Crippen LogP contribution in [-0.4, -0.2) is 25.2 Å². The van der Waals surface area contributed by atoms with Crippen LogP contribution in [0.2, 0.25) is 0 Å². The van der Waals surface area contributed by atoms with Crippen molar-refractivity contribution >= 4 is 11.9 Å². The van der Waals surface area contributed by atoms with E-state index in [2.05, 4.69) is 13.8 Å². The van der Waals surface area contributed by atoms with Gasteiger partial charge in [-0.2, -0.15) is 0 Å². The minimum atomic E-state index is -0.427. The summed E-state index contributed by atoms with van der Waals surface area (Å²) < 4.78 is 10.2. The molecule has 0 fully saturated rings. The third kappa shape index (κ3) is 7.97. The zero-order valence-electron chi connectivity index (χ0n) is 13.3. The molecule has 4 heteroatoms. The average molecular weight is 284 g/mol. The summed E-state index contributed by atoms with van der Waals surface area (Å²) in [5, 5.41) is 0. The number of ether oxygens (including phenoxy) is 2. The lowest BCUT2D eigenvalue weighted by Gasteiger charge is -2.08. The Hall–Kier alpha value is -1.32. The Morgan fingerprint density at radius 3 is 1.35 bits per heavy atom. The van der Waals surface area contributed by atoms with Crippen LogP contribution in [0.4, 0.5) is 0 Å². The third-order valence-electron chi connectivity index (χ3n) is 3.14. The largest absolute Gasteiger partial charge is 0.462 e. The predicted molar refractivity (Wildman–Crippen MR) is 79.3 cm³/mol. The minimum Gasteiger partial charge on any atom is -0.462 e. The standard InChI is InChI=1S/C16H28O4/c1-5-7-9-11-19-15(17)13(3)14(4)16(18)20-12-10-8-6-2/h5-12H2,1-4H3/b14-13-. The quantitative estimate of drug-likeness (QED) is 0.348. The SMILES string of the molecule is CCCCCOC(=O)/C(C)=C(/C)C(=O)OCCCCC. The van der Waals surface area contributed by atoms with Crippen molar-refractivity contribution in [3.63, 3.8) is 0 Å². The molecule has 0 bridgehead atoms. The van der Waals surface area contributed by atoms with Crippen LogP contribution in [0.5, 0.6) is 0 Å². The van der Waals surface area contributed by atoms with Crippen LogP contribution in [0, 0.1) is 0 Å². The van der Waals surface area contributed by atoms with Crippen molar-refractivity contribution in [1.82, 2.24) is 0 Å². The Morgan fingerprint density at radius 1 is 0.700 bits per heavy atom. The molecule has 0 rings (SSSR count). The summed E-state index contributed by atoms with van der Waals surface area (Å²) in [7, 11) is 0. The van der Waals surface area contributed by atoms with Gasteiger partial charge in [-0.3, -0.25) is 0 Å². The van der Waals surface area contributed by atoms with Gasteiger partial charge in [-0.1, -0.05) is 39.5 Å². The summed E-state index contributed by atoms with van der Waals surface area (Å²) in [5.41, 5.74) is 0.670. The van der Waals surface area contributed by atoms with Gasteiger partial charge in [0.2, 0.25) is 0 Å². The third-order valence-corrected chi connectivity index (χ3v) is 3.14. The van der Waals surface area contributed by atoms with E-state index in [0.29, 0.717) is 24.4 Å². The first-order valence-electron chi connectivity index (χ1n) is 7.56. The molecule has 0 atom stereocenters. The molecule has 4 nitrogen and oxygen atoms in total. The molecule has 0 aliphatic heterocycles. The highest BCUT2D eigenvalue weighted by atomic mass is 16.5. The van der Waals surface area contributed by atoms with Crippen LogP contribution >= 0.6 is 0 Å². The van der Waals surface area contributed by atoms with Gasteiger partial charge in [-0.25, -0.2) is 9.59 Å². The molecular weight excluding hydrogens is 256 g/mol. The molecule has 116 valence electrons. The van der Waals surface area contributed by atoms with Crippen LogP contribution < -0.4 is 0 Å². The lowest BCUT2D eigenvalue weighted by molar-refractivity contribution is -0.142. The first-order chi connectivity index (χ1) is 9.54. The summed E-state index contributed by atoms with van der Waals surface area (Å²) in [4.78, 5) is 23.5. The molecule has 0 aliphatic rings. The van der Waals surface area contributed by atoms with E-state index < -0.39 is 11.9 Å². The predicted octanol–water partition coefficient (Wildman–Crippen LogP) is 3.79. The molecule has 0 aromatic heterocycles. The molecule has 0 saturated heterocycles. The highest BCUT2D eigenvalue weighted by Crippen LogP contribution is 2.09. The molecular formula is C16H28O4. The second-order valence-corrected chi connectivity index (χ2v) is 4.94. The zero-order valence-corrected chi connectivity index (χ0v) is 13.3. The van der Waals surface area contributed by atoms with Crippen LogP contribution in [0.3, 0.4) is 0 Å². The monoisotopic (exact) mass is 284 g/mol. The van der Waals surface area contributed by atoms with E-state index in [4.69, 9.17) is 9.47 Å². The molecule has 0 aromatic carbocycles. The van der Waals surface area contributed by atoms with Crippen molar-refractivity contribution in [3.8, 4) is 0 Å². The average Bonchev–Trinajstić information content (AvgIpc) is 2.46. The van der Waals surface area contributed by atoms with E-state index in [9.17, 15) is 9.59 Å². The Morgan fingerprint density at radius 2 is 1.05 bits per heavy atom. The van der Waals surface area contributed by atoms with E-state index in [1.807, 2.05) is 0 Å². The Kier molecular flexibility index (Phi) is 10.7. The van der Waals surface area contributed by atoms with Crippen LogP contribution in [0.25, 0.3) is 0 Å². The molecule has 0 amide bonds. The van der Waals surface area contributed by atoms with Crippen LogP contribution in [0.1, 0.15) is 66.2 Å². The first-order valence-corrected chi connectivity index (χ1v) is 7.56. The number of carbonyl (C=O) groups excluding carboxylic acids is 2. The summed E-state index contributed by atoms with van der Waals surface area (Å²) in [6.07, 6.45) is 5.94. The topological polar surface area (TPSA) is 52.6 Å². The fourth-order valence-electron chi connectivity index (χ4n) is 1.56. The van der Waals surface area contributed by atoms with Gasteiger partial charge in [0.15, 0.2) is 0 Å². The molecule has 0 unspecified atom stereocenters. The zero-order chi connectivity index (χ0) is 15.4. The maximum atomic E-state index is 11.7. The number of unbranched alkanes of at least 4 members (excludes halogenated alkanes) is 4. The van der Waals surface area contributed by atoms with Gasteiger partial charge < -0.3 is 9.47 Å². The molecule has 0 aromatic rings. The highest BCUT2D eigenvalue weighted by Gasteiger charge is 2.15. The number of esters is 2. The molecule has 0 heterocycles. The number of hydrogen-bond donors (Lipinski definition) is 0. The van der Waals surface area contributed by atoms with Gasteiger partial charge in [0.05, 0.1) is 13.2 Å². The van der Waals surface area contributed by atoms with Crippen LogP contribution in [0.15, 0.2) is 11.1 Å². The minimum absolute atomic E-state index is 0.335. The normalized spacial score (nSPS) is 11.8. The Bertz CT molecular complexity index is 299. The number of carbonyl (C=O) groups is 2. The van der Waals surface area contributed by atoms with E-state index in [0.717, 1.165) is 38.5 Å². The van der Waals surface area contributed by atoms with Gasteiger partial charge in [0.25, 0.3) is 0 Å². The Labute approximate surface area is 122 Å². The van der Waals surface area contributed by atoms with Crippen molar-refractivity contribution in [1.29, 1.82) is 0 Å². The molecule has 0 saturated carbocycles. The van der Waals surface area contributed by atoms with E-state index in [-0.39, 0.29) is 0 Å². The highest BCUT2D eigenvalue weighted by molar-refractivity contribution is 5.99. The lowest BCUT2D eigenvalue weighted by atomic mass is 10.1. The van der Waals surface area contributed by atoms with Crippen molar-refractivity contribution in [2.45, 2.75) is 66.2 Å². The molecule has 0 radical (unpaired) electrons. The van der Waals surface area contributed by atoms with Gasteiger partial charge in [0, 0.05) is 11.1 Å². The van der Waals surface area contributed by atoms with E-state index >= 15 is 0 Å². The van der Waals surface area contributed by atoms with Gasteiger partial charge >= 0.3 is 11.9 Å². The number of hydrogen-bond acceptors (Lipinski definition) is 4. The second kappa shape index (κ2) is 11.5. The molecule has 0 spiro atoms. The molecule has 20 heavy (non-hydrogen) atoms. The smallest absolute Gasteiger partial charge is 0.334 e. The summed E-state index contributed by atoms with van der Waals surface area (Å²) in [6.45, 7) is 8.19. The van der Waals surface area contributed by atoms with Crippen molar-refractivity contribution in [2.75, 3.05) is 13.2 Å². The number of rotatable bonds is 10. The van der Waals surface area contributed by atoms with E-state index in [1.54, 1.807) is 13.8 Å². The molecule has 0 aliphatic carbocycles. The van der Waals surface area contributed by atoms with Gasteiger partial charge in [-0.15, -0.1) is 0 Å². The Balaban J connectivity index is 4.19. The van der Waals surface area contributed by atoms with Crippen molar-refractivity contribution in [2.24, 2.45) is 0 Å². The first kappa shape index (κ1) is 18.7. The summed E-state index contributed by atoms with van der Waals surface area (Å²) >= 11 is 0. The van der Waals surface area contributed by atoms with Crippen LogP contribution in [-0.2, 0) is 19.1 Å². The summed E-state index contributed by atoms with van der Waals surface area (Å²) in [6, 6.07) is 0. The van der Waals surface area contributed by atoms with Crippen molar-refractivity contribution in [3.05, 3.63) is 11.1 Å². The maximum absolute atomic E-state index is 11.7. The fourth-order valence-corrected chi connectivity index (χ4v) is 1.56. The fraction of sp³-hybridized carbons (Fsp3) is 0.750. The van der Waals surface area contributed by atoms with Gasteiger partial charge in [-0.05, 0) is 26.7 Å². The molecule has 0 N–H and O–H groups in total.